The van der Waals surface area contributed by atoms with E-state index in [2.05, 4.69) is 10.3 Å². The minimum atomic E-state index is -1.03. The Hall–Kier alpha value is -2.59. The minimum absolute atomic E-state index is 0.0308. The number of fused-ring (bicyclic) bond motifs is 1. The minimum Gasteiger partial charge on any atom is -0.335 e. The van der Waals surface area contributed by atoms with Crippen molar-refractivity contribution < 1.29 is 13.6 Å². The van der Waals surface area contributed by atoms with Gasteiger partial charge < -0.3 is 11.1 Å². The fraction of sp³-hybridized carbons (Fsp3) is 0.389. The topological polar surface area (TPSA) is 91.8 Å². The number of carbonyl (C=O) groups excluding carboxylic acids is 1. The Morgan fingerprint density at radius 2 is 2.12 bits per heavy atom. The molecule has 1 aromatic heterocycles. The number of nitrogens with one attached hydrogen (secondary N) is 1. The second-order valence-electron chi connectivity index (χ2n) is 6.91. The normalized spacial score (nSPS) is 26.1. The van der Waals surface area contributed by atoms with Crippen LogP contribution in [0, 0.1) is 34.8 Å². The summed E-state index contributed by atoms with van der Waals surface area (Å²) in [5, 5.41) is 12.4. The second-order valence-corrected chi connectivity index (χ2v) is 6.91. The lowest BCUT2D eigenvalue weighted by Crippen LogP contribution is -2.45. The first-order chi connectivity index (χ1) is 12.0. The Bertz CT molecular complexity index is 921. The maximum absolute atomic E-state index is 13.9. The van der Waals surface area contributed by atoms with Gasteiger partial charge in [0.1, 0.15) is 6.04 Å². The van der Waals surface area contributed by atoms with E-state index in [-0.39, 0.29) is 17.2 Å². The van der Waals surface area contributed by atoms with Gasteiger partial charge in [0.05, 0.1) is 11.6 Å². The monoisotopic (exact) mass is 342 g/mol. The second kappa shape index (κ2) is 5.46. The molecule has 2 aliphatic rings. The molecule has 2 fully saturated rings. The summed E-state index contributed by atoms with van der Waals surface area (Å²) in [6.07, 6.45) is 5.38. The van der Waals surface area contributed by atoms with Crippen LogP contribution in [-0.2, 0) is 4.79 Å². The molecular weight excluding hydrogens is 326 g/mol. The van der Waals surface area contributed by atoms with Crippen molar-refractivity contribution >= 4 is 16.7 Å². The average Bonchev–Trinajstić information content (AvgIpc) is 3.51. The molecule has 0 saturated heterocycles. The van der Waals surface area contributed by atoms with Crippen LogP contribution in [-0.4, -0.2) is 16.4 Å². The molecule has 0 radical (unpaired) electrons. The first kappa shape index (κ1) is 15.9. The zero-order valence-corrected chi connectivity index (χ0v) is 13.3. The average molecular weight is 342 g/mol. The van der Waals surface area contributed by atoms with Crippen molar-refractivity contribution in [3.8, 4) is 6.07 Å². The number of hydrogen-bond acceptors (Lipinski definition) is 4. The molecule has 0 spiro atoms. The van der Waals surface area contributed by atoms with Gasteiger partial charge in [-0.2, -0.15) is 5.26 Å². The summed E-state index contributed by atoms with van der Waals surface area (Å²) >= 11 is 0. The quantitative estimate of drug-likeness (QED) is 0.892. The fourth-order valence-corrected chi connectivity index (χ4v) is 3.53. The molecule has 1 amide bonds. The number of rotatable bonds is 4. The number of aromatic nitrogens is 1. The molecule has 0 aliphatic heterocycles. The van der Waals surface area contributed by atoms with Crippen molar-refractivity contribution in [3.63, 3.8) is 0 Å². The Labute approximate surface area is 142 Å². The van der Waals surface area contributed by atoms with Gasteiger partial charge >= 0.3 is 0 Å². The third kappa shape index (κ3) is 2.53. The van der Waals surface area contributed by atoms with Gasteiger partial charge in [-0.3, -0.25) is 9.78 Å². The molecule has 2 saturated carbocycles. The zero-order chi connectivity index (χ0) is 17.8. The molecule has 1 aromatic carbocycles. The third-order valence-electron chi connectivity index (χ3n) is 5.25. The van der Waals surface area contributed by atoms with Crippen LogP contribution in [0.2, 0.25) is 0 Å². The van der Waals surface area contributed by atoms with Crippen LogP contribution in [0.1, 0.15) is 30.9 Å². The van der Waals surface area contributed by atoms with E-state index >= 15 is 0 Å². The van der Waals surface area contributed by atoms with Gasteiger partial charge in [-0.15, -0.1) is 0 Å². The van der Waals surface area contributed by atoms with E-state index in [4.69, 9.17) is 5.73 Å². The molecular formula is C18H16F2N4O. The molecule has 128 valence electrons. The van der Waals surface area contributed by atoms with E-state index in [0.717, 1.165) is 18.9 Å². The first-order valence-electron chi connectivity index (χ1n) is 8.17. The predicted octanol–water partition coefficient (Wildman–Crippen LogP) is 2.32. The van der Waals surface area contributed by atoms with Crippen LogP contribution < -0.4 is 11.1 Å². The molecule has 5 nitrogen and oxygen atoms in total. The number of nitrogens with zero attached hydrogens (tertiary/aromatic N) is 2. The first-order valence-corrected chi connectivity index (χ1v) is 8.17. The van der Waals surface area contributed by atoms with Crippen LogP contribution in [0.5, 0.6) is 0 Å². The van der Waals surface area contributed by atoms with Crippen molar-refractivity contribution in [3.05, 3.63) is 41.7 Å². The van der Waals surface area contributed by atoms with Gasteiger partial charge in [-0.1, -0.05) is 6.07 Å². The van der Waals surface area contributed by atoms with Crippen LogP contribution in [0.25, 0.3) is 10.8 Å². The van der Waals surface area contributed by atoms with Gasteiger partial charge in [0, 0.05) is 23.3 Å². The van der Waals surface area contributed by atoms with Gasteiger partial charge in [0.2, 0.25) is 5.91 Å². The predicted molar refractivity (Wildman–Crippen MR) is 85.9 cm³/mol. The van der Waals surface area contributed by atoms with Crippen molar-refractivity contribution in [2.45, 2.75) is 30.8 Å². The van der Waals surface area contributed by atoms with E-state index in [1.54, 1.807) is 0 Å². The Morgan fingerprint density at radius 3 is 2.80 bits per heavy atom. The summed E-state index contributed by atoms with van der Waals surface area (Å²) in [6, 6.07) is 3.33. The van der Waals surface area contributed by atoms with Gasteiger partial charge in [-0.05, 0) is 42.6 Å². The molecule has 3 atom stereocenters. The lowest BCUT2D eigenvalue weighted by Gasteiger charge is -2.18. The van der Waals surface area contributed by atoms with E-state index < -0.39 is 23.2 Å². The molecule has 25 heavy (non-hydrogen) atoms. The summed E-state index contributed by atoms with van der Waals surface area (Å²) in [6.45, 7) is 0. The Balaban J connectivity index is 1.64. The Kier molecular flexibility index (Phi) is 3.48. The molecule has 7 heteroatoms. The Morgan fingerprint density at radius 1 is 1.36 bits per heavy atom. The number of pyridine rings is 1. The zero-order valence-electron chi connectivity index (χ0n) is 13.3. The summed E-state index contributed by atoms with van der Waals surface area (Å²) in [5.41, 5.74) is 5.56. The van der Waals surface area contributed by atoms with Gasteiger partial charge in [0.25, 0.3) is 0 Å². The maximum Gasteiger partial charge on any atom is 0.241 e. The number of carbonyl (C=O) groups is 1. The number of benzene rings is 1. The molecule has 2 unspecified atom stereocenters. The summed E-state index contributed by atoms with van der Waals surface area (Å²) in [7, 11) is 0. The van der Waals surface area contributed by atoms with Gasteiger partial charge in [-0.25, -0.2) is 8.78 Å². The van der Waals surface area contributed by atoms with E-state index in [0.29, 0.717) is 23.3 Å². The maximum atomic E-state index is 13.9. The SMILES string of the molecule is N#CC(NC(=O)[C@@]1(N)CC1C1CC1)c1cncc2c(F)c(F)ccc12. The highest BCUT2D eigenvalue weighted by Crippen LogP contribution is 2.55. The molecule has 3 N–H and O–H groups in total. The highest BCUT2D eigenvalue weighted by Gasteiger charge is 2.62. The van der Waals surface area contributed by atoms with Crippen LogP contribution in [0.3, 0.4) is 0 Å². The van der Waals surface area contributed by atoms with Crippen molar-refractivity contribution in [1.82, 2.24) is 10.3 Å². The standard InChI is InChI=1S/C18H16F2N4O/c19-14-4-3-10-11(7-23-8-12(10)16(14)20)15(6-21)24-17(25)18(22)5-13(18)9-1-2-9/h3-4,7-9,13,15H,1-2,5,22H2,(H,24,25)/t13?,15?,18-/m1/s1. The highest BCUT2D eigenvalue weighted by molar-refractivity contribution is 5.92. The van der Waals surface area contributed by atoms with E-state index in [1.165, 1.54) is 18.5 Å². The summed E-state index contributed by atoms with van der Waals surface area (Å²) in [4.78, 5) is 16.4. The molecule has 2 aliphatic carbocycles. The van der Waals surface area contributed by atoms with E-state index in [9.17, 15) is 18.8 Å². The lowest BCUT2D eigenvalue weighted by atomic mass is 10.0. The number of halogens is 2. The fourth-order valence-electron chi connectivity index (χ4n) is 3.53. The lowest BCUT2D eigenvalue weighted by molar-refractivity contribution is -0.124. The van der Waals surface area contributed by atoms with E-state index in [1.807, 2.05) is 6.07 Å². The van der Waals surface area contributed by atoms with Crippen LogP contribution >= 0.6 is 0 Å². The number of hydrogen-bond donors (Lipinski definition) is 2. The largest absolute Gasteiger partial charge is 0.335 e. The number of nitrogens with two attached hydrogens (primary N) is 1. The summed E-state index contributed by atoms with van der Waals surface area (Å²) in [5.74, 6) is -1.72. The van der Waals surface area contributed by atoms with Crippen LogP contribution in [0.4, 0.5) is 8.78 Å². The summed E-state index contributed by atoms with van der Waals surface area (Å²) < 4.78 is 27.4. The molecule has 0 bridgehead atoms. The molecule has 2 aromatic rings. The van der Waals surface area contributed by atoms with Crippen LogP contribution in [0.15, 0.2) is 24.5 Å². The van der Waals surface area contributed by atoms with Crippen molar-refractivity contribution in [1.29, 1.82) is 5.26 Å². The number of nitriles is 1. The van der Waals surface area contributed by atoms with Crippen molar-refractivity contribution in [2.24, 2.45) is 17.6 Å². The third-order valence-corrected chi connectivity index (χ3v) is 5.25. The van der Waals surface area contributed by atoms with Crippen molar-refractivity contribution in [2.75, 3.05) is 0 Å². The smallest absolute Gasteiger partial charge is 0.241 e. The molecule has 1 heterocycles. The van der Waals surface area contributed by atoms with Gasteiger partial charge in [0.15, 0.2) is 11.6 Å². The molecule has 4 rings (SSSR count). The highest BCUT2D eigenvalue weighted by atomic mass is 19.2. The number of amides is 1.